The van der Waals surface area contributed by atoms with Crippen molar-refractivity contribution in [2.24, 2.45) is 17.6 Å². The zero-order chi connectivity index (χ0) is 13.8. The maximum atomic E-state index is 6.52. The molecule has 0 spiro atoms. The Morgan fingerprint density at radius 2 is 1.95 bits per heavy atom. The highest BCUT2D eigenvalue weighted by molar-refractivity contribution is 5.39. The Labute approximate surface area is 117 Å². The number of hydrogen-bond donors (Lipinski definition) is 1. The van der Waals surface area contributed by atoms with Crippen LogP contribution in [-0.4, -0.2) is 7.11 Å². The maximum absolute atomic E-state index is 6.52. The summed E-state index contributed by atoms with van der Waals surface area (Å²) < 4.78 is 5.47. The van der Waals surface area contributed by atoms with E-state index in [1.54, 1.807) is 7.11 Å². The van der Waals surface area contributed by atoms with E-state index in [1.807, 2.05) is 6.07 Å². The van der Waals surface area contributed by atoms with Gasteiger partial charge in [-0.1, -0.05) is 43.9 Å². The summed E-state index contributed by atoms with van der Waals surface area (Å²) in [5.74, 6) is 2.47. The van der Waals surface area contributed by atoms with Crippen LogP contribution in [0.25, 0.3) is 0 Å². The quantitative estimate of drug-likeness (QED) is 0.880. The minimum absolute atomic E-state index is 0.118. The van der Waals surface area contributed by atoms with Gasteiger partial charge in [-0.05, 0) is 37.7 Å². The van der Waals surface area contributed by atoms with E-state index in [9.17, 15) is 0 Å². The molecule has 0 aliphatic heterocycles. The van der Waals surface area contributed by atoms with Gasteiger partial charge < -0.3 is 10.5 Å². The maximum Gasteiger partial charge on any atom is 0.123 e. The fraction of sp³-hybridized carbons (Fsp3) is 0.647. The molecule has 2 heteroatoms. The van der Waals surface area contributed by atoms with Gasteiger partial charge in [0, 0.05) is 11.6 Å². The van der Waals surface area contributed by atoms with E-state index in [0.29, 0.717) is 5.92 Å². The molecule has 1 aliphatic rings. The number of methoxy groups -OCH3 is 1. The van der Waals surface area contributed by atoms with Crippen molar-refractivity contribution >= 4 is 0 Å². The first kappa shape index (κ1) is 14.4. The minimum Gasteiger partial charge on any atom is -0.496 e. The molecular formula is C17H27NO. The molecule has 1 unspecified atom stereocenters. The van der Waals surface area contributed by atoms with Crippen LogP contribution in [0.5, 0.6) is 5.75 Å². The molecule has 0 heterocycles. The summed E-state index contributed by atoms with van der Waals surface area (Å²) in [7, 11) is 1.73. The topological polar surface area (TPSA) is 35.2 Å². The van der Waals surface area contributed by atoms with E-state index < -0.39 is 0 Å². The van der Waals surface area contributed by atoms with Crippen molar-refractivity contribution in [3.05, 3.63) is 29.3 Å². The summed E-state index contributed by atoms with van der Waals surface area (Å²) in [6.07, 6.45) is 6.51. The van der Waals surface area contributed by atoms with Gasteiger partial charge in [-0.3, -0.25) is 0 Å². The molecule has 106 valence electrons. The third kappa shape index (κ3) is 3.30. The summed E-state index contributed by atoms with van der Waals surface area (Å²) in [5, 5.41) is 0. The molecular weight excluding hydrogens is 234 g/mol. The van der Waals surface area contributed by atoms with E-state index in [1.165, 1.54) is 43.2 Å². The van der Waals surface area contributed by atoms with Gasteiger partial charge in [0.15, 0.2) is 0 Å². The van der Waals surface area contributed by atoms with Crippen molar-refractivity contribution in [1.29, 1.82) is 0 Å². The molecule has 2 rings (SSSR count). The number of ether oxygens (including phenoxy) is 1. The predicted octanol–water partition coefficient (Wildman–Crippen LogP) is 4.22. The lowest BCUT2D eigenvalue weighted by Gasteiger charge is -2.32. The van der Waals surface area contributed by atoms with Crippen LogP contribution in [0.15, 0.2) is 18.2 Å². The van der Waals surface area contributed by atoms with Crippen molar-refractivity contribution in [1.82, 2.24) is 0 Å². The van der Waals surface area contributed by atoms with Crippen LogP contribution < -0.4 is 10.5 Å². The normalized spacial score (nSPS) is 25.1. The van der Waals surface area contributed by atoms with Crippen molar-refractivity contribution in [2.45, 2.75) is 52.0 Å². The average Bonchev–Trinajstić information content (AvgIpc) is 2.46. The number of rotatable bonds is 4. The van der Waals surface area contributed by atoms with Gasteiger partial charge >= 0.3 is 0 Å². The Kier molecular flexibility index (Phi) is 4.87. The summed E-state index contributed by atoms with van der Waals surface area (Å²) in [5.41, 5.74) is 8.96. The molecule has 1 saturated carbocycles. The summed E-state index contributed by atoms with van der Waals surface area (Å²) in [4.78, 5) is 0. The largest absolute Gasteiger partial charge is 0.496 e. The smallest absolute Gasteiger partial charge is 0.123 e. The van der Waals surface area contributed by atoms with E-state index >= 15 is 0 Å². The van der Waals surface area contributed by atoms with Gasteiger partial charge in [-0.25, -0.2) is 0 Å². The molecule has 1 aromatic carbocycles. The SMILES string of the molecule is CCC1CCC(C(N)c2cc(C)ccc2OC)CC1. The Morgan fingerprint density at radius 3 is 2.53 bits per heavy atom. The van der Waals surface area contributed by atoms with Crippen LogP contribution in [0.4, 0.5) is 0 Å². The monoisotopic (exact) mass is 261 g/mol. The Hall–Kier alpha value is -1.02. The highest BCUT2D eigenvalue weighted by atomic mass is 16.5. The summed E-state index contributed by atoms with van der Waals surface area (Å²) in [6, 6.07) is 6.44. The van der Waals surface area contributed by atoms with Crippen LogP contribution in [0.3, 0.4) is 0 Å². The highest BCUT2D eigenvalue weighted by Gasteiger charge is 2.27. The van der Waals surface area contributed by atoms with Gasteiger partial charge in [-0.2, -0.15) is 0 Å². The fourth-order valence-electron chi connectivity index (χ4n) is 3.32. The average molecular weight is 261 g/mol. The predicted molar refractivity (Wildman–Crippen MR) is 80.4 cm³/mol. The number of hydrogen-bond acceptors (Lipinski definition) is 2. The van der Waals surface area contributed by atoms with Crippen molar-refractivity contribution in [3.8, 4) is 5.75 Å². The van der Waals surface area contributed by atoms with E-state index in [4.69, 9.17) is 10.5 Å². The first-order chi connectivity index (χ1) is 9.15. The van der Waals surface area contributed by atoms with Gasteiger partial charge in [0.05, 0.1) is 7.11 Å². The lowest BCUT2D eigenvalue weighted by molar-refractivity contribution is 0.237. The molecule has 0 aromatic heterocycles. The molecule has 19 heavy (non-hydrogen) atoms. The first-order valence-corrected chi connectivity index (χ1v) is 7.55. The molecule has 0 bridgehead atoms. The third-order valence-electron chi connectivity index (χ3n) is 4.72. The molecule has 1 fully saturated rings. The van der Waals surface area contributed by atoms with Gasteiger partial charge in [0.25, 0.3) is 0 Å². The van der Waals surface area contributed by atoms with E-state index in [0.717, 1.165) is 11.7 Å². The standard InChI is InChI=1S/C17H27NO/c1-4-13-6-8-14(9-7-13)17(18)15-11-12(2)5-10-16(15)19-3/h5,10-11,13-14,17H,4,6-9,18H2,1-3H3. The number of benzene rings is 1. The molecule has 2 N–H and O–H groups in total. The molecule has 1 aromatic rings. The molecule has 1 atom stereocenters. The second-order valence-corrected chi connectivity index (χ2v) is 5.96. The van der Waals surface area contributed by atoms with E-state index in [-0.39, 0.29) is 6.04 Å². The lowest BCUT2D eigenvalue weighted by Crippen LogP contribution is -2.26. The Bertz CT molecular complexity index is 408. The molecule has 0 amide bonds. The van der Waals surface area contributed by atoms with Gasteiger partial charge in [0.1, 0.15) is 5.75 Å². The first-order valence-electron chi connectivity index (χ1n) is 7.55. The summed E-state index contributed by atoms with van der Waals surface area (Å²) >= 11 is 0. The number of nitrogens with two attached hydrogens (primary N) is 1. The molecule has 0 saturated heterocycles. The van der Waals surface area contributed by atoms with Crippen LogP contribution in [0.2, 0.25) is 0 Å². The van der Waals surface area contributed by atoms with E-state index in [2.05, 4.69) is 26.0 Å². The van der Waals surface area contributed by atoms with Crippen LogP contribution >= 0.6 is 0 Å². The second-order valence-electron chi connectivity index (χ2n) is 5.96. The van der Waals surface area contributed by atoms with Crippen molar-refractivity contribution in [2.75, 3.05) is 7.11 Å². The van der Waals surface area contributed by atoms with Crippen LogP contribution in [0, 0.1) is 18.8 Å². The van der Waals surface area contributed by atoms with Gasteiger partial charge in [-0.15, -0.1) is 0 Å². The molecule has 0 radical (unpaired) electrons. The highest BCUT2D eigenvalue weighted by Crippen LogP contribution is 2.39. The third-order valence-corrected chi connectivity index (χ3v) is 4.72. The van der Waals surface area contributed by atoms with Crippen LogP contribution in [0.1, 0.15) is 56.2 Å². The molecule has 1 aliphatic carbocycles. The zero-order valence-electron chi connectivity index (χ0n) is 12.5. The lowest BCUT2D eigenvalue weighted by atomic mass is 9.76. The Balaban J connectivity index is 2.11. The Morgan fingerprint density at radius 1 is 1.26 bits per heavy atom. The fourth-order valence-corrected chi connectivity index (χ4v) is 3.32. The van der Waals surface area contributed by atoms with Crippen molar-refractivity contribution < 1.29 is 4.74 Å². The molecule has 2 nitrogen and oxygen atoms in total. The zero-order valence-corrected chi connectivity index (χ0v) is 12.5. The minimum atomic E-state index is 0.118. The second kappa shape index (κ2) is 6.42. The van der Waals surface area contributed by atoms with Gasteiger partial charge in [0.2, 0.25) is 0 Å². The summed E-state index contributed by atoms with van der Waals surface area (Å²) in [6.45, 7) is 4.41. The number of aryl methyl sites for hydroxylation is 1. The van der Waals surface area contributed by atoms with Crippen LogP contribution in [-0.2, 0) is 0 Å². The van der Waals surface area contributed by atoms with Crippen molar-refractivity contribution in [3.63, 3.8) is 0 Å².